The van der Waals surface area contributed by atoms with Gasteiger partial charge in [0.25, 0.3) is 0 Å². The number of amides is 1. The Kier molecular flexibility index (Phi) is 13.3. The minimum Gasteiger partial charge on any atom is -0.479 e. The van der Waals surface area contributed by atoms with Crippen molar-refractivity contribution in [3.8, 4) is 0 Å². The van der Waals surface area contributed by atoms with Gasteiger partial charge in [0.05, 0.1) is 19.8 Å². The molecule has 3 rings (SSSR count). The van der Waals surface area contributed by atoms with Crippen LogP contribution >= 0.6 is 0 Å². The van der Waals surface area contributed by atoms with E-state index in [-0.39, 0.29) is 12.4 Å². The third-order valence-electron chi connectivity index (χ3n) is 8.34. The number of rotatable bonds is 16. The molecule has 260 valence electrons. The number of allylic oxidation sites excluding steroid dienone is 1. The molecule has 3 aliphatic heterocycles. The summed E-state index contributed by atoms with van der Waals surface area (Å²) in [7, 11) is 0. The van der Waals surface area contributed by atoms with Gasteiger partial charge in [0.15, 0.2) is 22.9 Å². The van der Waals surface area contributed by atoms with Gasteiger partial charge in [-0.2, -0.15) is 0 Å². The number of hydrogen-bond donors (Lipinski definition) is 2. The summed E-state index contributed by atoms with van der Waals surface area (Å²) in [5.74, 6) is -3.83. The molecule has 3 fully saturated rings. The maximum Gasteiger partial charge on any atom is 0.408 e. The van der Waals surface area contributed by atoms with E-state index in [9.17, 15) is 14.7 Å². The van der Waals surface area contributed by atoms with Crippen molar-refractivity contribution in [2.75, 3.05) is 19.8 Å². The Balaban J connectivity index is 1.60. The van der Waals surface area contributed by atoms with Crippen molar-refractivity contribution in [3.63, 3.8) is 0 Å². The number of ether oxygens (including phenoxy) is 7. The van der Waals surface area contributed by atoms with Crippen molar-refractivity contribution in [1.82, 2.24) is 5.32 Å². The van der Waals surface area contributed by atoms with Crippen molar-refractivity contribution in [2.24, 2.45) is 0 Å². The largest absolute Gasteiger partial charge is 0.479 e. The van der Waals surface area contributed by atoms with Gasteiger partial charge in [-0.1, -0.05) is 51.2 Å². The van der Waals surface area contributed by atoms with Crippen LogP contribution in [0, 0.1) is 0 Å². The fraction of sp³-hybridized carbons (Fsp3) is 0.882. The first-order valence-corrected chi connectivity index (χ1v) is 16.9. The van der Waals surface area contributed by atoms with E-state index in [1.807, 2.05) is 6.08 Å². The molecule has 0 aromatic carbocycles. The van der Waals surface area contributed by atoms with Crippen molar-refractivity contribution >= 4 is 12.1 Å². The van der Waals surface area contributed by atoms with Gasteiger partial charge in [-0.25, -0.2) is 9.59 Å². The Labute approximate surface area is 270 Å². The van der Waals surface area contributed by atoms with E-state index in [0.717, 1.165) is 51.4 Å². The molecular weight excluding hydrogens is 582 g/mol. The summed E-state index contributed by atoms with van der Waals surface area (Å²) in [4.78, 5) is 25.7. The van der Waals surface area contributed by atoms with Crippen LogP contribution < -0.4 is 5.32 Å². The molecule has 0 saturated carbocycles. The van der Waals surface area contributed by atoms with Crippen LogP contribution in [0.4, 0.5) is 4.79 Å². The molecule has 11 nitrogen and oxygen atoms in total. The standard InChI is InChI=1S/C34H59NO10/c1-9-10-11-17-20-33(39-22-23-40-33)21-18-15-13-12-14-16-19-25-26(43-32(7,8)42-25)27-34(28(36)37,24-41-31(5,6)44-27)35-29(38)45-30(2,3)4/h16,19,25-27H,9-15,17-18,20-24H2,1-8H3,(H,35,38)(H,36,37)/b19-16+/t25-,26+,27-,34-/m0/s1. The summed E-state index contributed by atoms with van der Waals surface area (Å²) in [6, 6.07) is 0. The summed E-state index contributed by atoms with van der Waals surface area (Å²) < 4.78 is 41.9. The molecule has 0 radical (unpaired) electrons. The Hall–Kier alpha value is -1.76. The molecule has 0 aromatic rings. The average Bonchev–Trinajstić information content (AvgIpc) is 3.51. The summed E-state index contributed by atoms with van der Waals surface area (Å²) in [6.45, 7) is 15.3. The second kappa shape index (κ2) is 15.9. The summed E-state index contributed by atoms with van der Waals surface area (Å²) in [5, 5.41) is 13.0. The van der Waals surface area contributed by atoms with Crippen LogP contribution in [-0.2, 0) is 38.0 Å². The minimum absolute atomic E-state index is 0.341. The highest BCUT2D eigenvalue weighted by Gasteiger charge is 2.62. The van der Waals surface area contributed by atoms with Gasteiger partial charge >= 0.3 is 12.1 Å². The predicted octanol–water partition coefficient (Wildman–Crippen LogP) is 6.62. The second-order valence-electron chi connectivity index (χ2n) is 14.5. The number of carbonyl (C=O) groups is 2. The van der Waals surface area contributed by atoms with E-state index in [1.54, 1.807) is 48.5 Å². The van der Waals surface area contributed by atoms with Crippen LogP contribution in [0.5, 0.6) is 0 Å². The van der Waals surface area contributed by atoms with Gasteiger partial charge in [-0.3, -0.25) is 0 Å². The highest BCUT2D eigenvalue weighted by atomic mass is 16.8. The van der Waals surface area contributed by atoms with Gasteiger partial charge in [0.2, 0.25) is 0 Å². The fourth-order valence-corrected chi connectivity index (χ4v) is 6.16. The monoisotopic (exact) mass is 641 g/mol. The van der Waals surface area contributed by atoms with Crippen LogP contribution in [0.1, 0.15) is 126 Å². The molecule has 3 saturated heterocycles. The van der Waals surface area contributed by atoms with Crippen LogP contribution in [0.15, 0.2) is 12.2 Å². The zero-order valence-electron chi connectivity index (χ0n) is 28.9. The number of nitrogens with one attached hydrogen (secondary N) is 1. The number of carboxylic acids is 1. The number of unbranched alkanes of at least 4 members (excludes halogenated alkanes) is 7. The molecule has 0 aliphatic carbocycles. The molecule has 3 heterocycles. The van der Waals surface area contributed by atoms with Crippen LogP contribution in [0.3, 0.4) is 0 Å². The molecule has 0 aromatic heterocycles. The molecule has 11 heteroatoms. The molecule has 0 spiro atoms. The smallest absolute Gasteiger partial charge is 0.408 e. The van der Waals surface area contributed by atoms with Crippen molar-refractivity contribution < 1.29 is 47.9 Å². The molecule has 2 N–H and O–H groups in total. The molecule has 3 aliphatic rings. The Morgan fingerprint density at radius 3 is 2.09 bits per heavy atom. The lowest BCUT2D eigenvalue weighted by Gasteiger charge is -2.48. The van der Waals surface area contributed by atoms with Crippen LogP contribution in [0.2, 0.25) is 0 Å². The Bertz CT molecular complexity index is 984. The first-order chi connectivity index (χ1) is 21.0. The lowest BCUT2D eigenvalue weighted by atomic mass is 9.85. The summed E-state index contributed by atoms with van der Waals surface area (Å²) in [6.07, 6.45) is 12.3. The minimum atomic E-state index is -1.97. The van der Waals surface area contributed by atoms with E-state index in [1.165, 1.54) is 19.3 Å². The van der Waals surface area contributed by atoms with Crippen molar-refractivity contribution in [3.05, 3.63) is 12.2 Å². The number of carboxylic acid groups (broad SMARTS) is 1. The van der Waals surface area contributed by atoms with Gasteiger partial charge in [0.1, 0.15) is 23.9 Å². The van der Waals surface area contributed by atoms with Gasteiger partial charge in [0, 0.05) is 12.8 Å². The quantitative estimate of drug-likeness (QED) is 0.140. The van der Waals surface area contributed by atoms with Gasteiger partial charge < -0.3 is 43.6 Å². The van der Waals surface area contributed by atoms with Crippen molar-refractivity contribution in [2.45, 2.75) is 173 Å². The van der Waals surface area contributed by atoms with Gasteiger partial charge in [-0.15, -0.1) is 0 Å². The lowest BCUT2D eigenvalue weighted by Crippen LogP contribution is -2.73. The summed E-state index contributed by atoms with van der Waals surface area (Å²) in [5.41, 5.74) is -2.80. The predicted molar refractivity (Wildman–Crippen MR) is 169 cm³/mol. The molecule has 45 heavy (non-hydrogen) atoms. The number of aliphatic carboxylic acids is 1. The van der Waals surface area contributed by atoms with Gasteiger partial charge in [-0.05, 0) is 74.1 Å². The fourth-order valence-electron chi connectivity index (χ4n) is 6.16. The first-order valence-electron chi connectivity index (χ1n) is 16.9. The first kappa shape index (κ1) is 37.7. The van der Waals surface area contributed by atoms with E-state index in [0.29, 0.717) is 13.2 Å². The number of hydrogen-bond acceptors (Lipinski definition) is 9. The SMILES string of the molecule is CCCCCCC1(CCCCCC/C=C/[C@@H]2OC(C)(C)O[C@H]2[C@@H]2OC(C)(C)OC[C@@]2(NC(=O)OC(C)(C)C)C(=O)O)OCCO1. The highest BCUT2D eigenvalue weighted by molar-refractivity contribution is 5.86. The maximum absolute atomic E-state index is 12.8. The average molecular weight is 642 g/mol. The molecule has 0 bridgehead atoms. The third kappa shape index (κ3) is 11.2. The van der Waals surface area contributed by atoms with E-state index in [2.05, 4.69) is 18.3 Å². The lowest BCUT2D eigenvalue weighted by molar-refractivity contribution is -0.317. The zero-order chi connectivity index (χ0) is 33.4. The summed E-state index contributed by atoms with van der Waals surface area (Å²) >= 11 is 0. The van der Waals surface area contributed by atoms with Crippen LogP contribution in [0.25, 0.3) is 0 Å². The topological polar surface area (TPSA) is 131 Å². The van der Waals surface area contributed by atoms with Crippen LogP contribution in [-0.4, -0.2) is 83.8 Å². The molecule has 0 unspecified atom stereocenters. The number of alkyl carbamates (subject to hydrolysis) is 1. The number of carbonyl (C=O) groups excluding carboxylic acids is 1. The second-order valence-corrected chi connectivity index (χ2v) is 14.5. The Morgan fingerprint density at radius 2 is 1.49 bits per heavy atom. The Morgan fingerprint density at radius 1 is 0.867 bits per heavy atom. The molecular formula is C34H59NO10. The van der Waals surface area contributed by atoms with E-state index < -0.39 is 53.1 Å². The zero-order valence-corrected chi connectivity index (χ0v) is 28.9. The van der Waals surface area contributed by atoms with Crippen molar-refractivity contribution in [1.29, 1.82) is 0 Å². The normalized spacial score (nSPS) is 29.2. The van der Waals surface area contributed by atoms with E-state index >= 15 is 0 Å². The molecule has 1 amide bonds. The maximum atomic E-state index is 12.8. The third-order valence-corrected chi connectivity index (χ3v) is 8.34. The van der Waals surface area contributed by atoms with E-state index in [4.69, 9.17) is 33.2 Å². The molecule has 4 atom stereocenters. The highest BCUT2D eigenvalue weighted by Crippen LogP contribution is 2.40.